The summed E-state index contributed by atoms with van der Waals surface area (Å²) < 4.78 is 3.38. The van der Waals surface area contributed by atoms with E-state index in [2.05, 4.69) is 113 Å². The molecule has 0 unspecified atom stereocenters. The second-order valence-electron chi connectivity index (χ2n) is 8.91. The molecule has 1 fully saturated rings. The largest absolute Gasteiger partial charge is 0.351 e. The maximum atomic E-state index is 5.92. The van der Waals surface area contributed by atoms with Gasteiger partial charge >= 0.3 is 0 Å². The first-order valence-electron chi connectivity index (χ1n) is 11.4. The molecule has 0 amide bonds. The molecule has 2 aromatic heterocycles. The number of benzene rings is 2. The van der Waals surface area contributed by atoms with Gasteiger partial charge in [-0.3, -0.25) is 4.98 Å². The third kappa shape index (κ3) is 3.95. The van der Waals surface area contributed by atoms with Gasteiger partial charge in [-0.25, -0.2) is 0 Å². The minimum Gasteiger partial charge on any atom is -0.351 e. The van der Waals surface area contributed by atoms with Crippen LogP contribution in [0.2, 0.25) is 0 Å². The highest BCUT2D eigenvalue weighted by Gasteiger charge is 2.42. The maximum Gasteiger partial charge on any atom is 0.174 e. The Hall–Kier alpha value is -2.96. The topological polar surface area (TPSA) is 33.1 Å². The molecule has 1 aliphatic heterocycles. The molecule has 4 nitrogen and oxygen atoms in total. The zero-order valence-corrected chi connectivity index (χ0v) is 22.1. The molecule has 0 aliphatic carbocycles. The summed E-state index contributed by atoms with van der Waals surface area (Å²) in [4.78, 5) is 6.96. The van der Waals surface area contributed by atoms with Gasteiger partial charge in [0.1, 0.15) is 0 Å². The second-order valence-corrected chi connectivity index (χ2v) is 10.2. The molecule has 1 N–H and O–H groups in total. The van der Waals surface area contributed by atoms with Crippen molar-refractivity contribution in [3.05, 3.63) is 111 Å². The summed E-state index contributed by atoms with van der Waals surface area (Å²) in [6, 6.07) is 23.2. The molecule has 6 heteroatoms. The first kappa shape index (κ1) is 22.8. The van der Waals surface area contributed by atoms with Gasteiger partial charge in [-0.1, -0.05) is 34.1 Å². The smallest absolute Gasteiger partial charge is 0.174 e. The fraction of sp³-hybridized carbons (Fsp3) is 0.214. The zero-order chi connectivity index (χ0) is 24.0. The Morgan fingerprint density at radius 2 is 1.71 bits per heavy atom. The molecular weight excluding hydrogens is 504 g/mol. The molecule has 172 valence electrons. The number of halogens is 1. The average molecular weight is 532 g/mol. The highest BCUT2D eigenvalue weighted by atomic mass is 79.9. The molecule has 0 saturated carbocycles. The van der Waals surface area contributed by atoms with Crippen LogP contribution in [-0.2, 0) is 0 Å². The normalized spacial score (nSPS) is 17.8. The SMILES string of the molecule is Cc1ccc(N2C(=S)N[C@H](c3ccccn3)[C@H]2c2cc(C)n(-c3cccc(Br)c3)c2C)cc1C. The second kappa shape index (κ2) is 9.01. The number of hydrogen-bond acceptors (Lipinski definition) is 2. The number of thiocarbonyl (C=S) groups is 1. The number of aryl methyl sites for hydroxylation is 3. The first-order valence-corrected chi connectivity index (χ1v) is 12.6. The fourth-order valence-corrected chi connectivity index (χ4v) is 5.66. The quantitative estimate of drug-likeness (QED) is 0.286. The first-order chi connectivity index (χ1) is 16.3. The van der Waals surface area contributed by atoms with Gasteiger partial charge in [0, 0.05) is 33.4 Å². The highest BCUT2D eigenvalue weighted by Crippen LogP contribution is 2.44. The number of rotatable bonds is 4. The van der Waals surface area contributed by atoms with Gasteiger partial charge in [0.25, 0.3) is 0 Å². The van der Waals surface area contributed by atoms with E-state index in [9.17, 15) is 0 Å². The minimum atomic E-state index is -0.0632. The van der Waals surface area contributed by atoms with Crippen molar-refractivity contribution in [2.24, 2.45) is 0 Å². The zero-order valence-electron chi connectivity index (χ0n) is 19.7. The minimum absolute atomic E-state index is 0.0309. The van der Waals surface area contributed by atoms with Crippen molar-refractivity contribution in [2.45, 2.75) is 39.8 Å². The van der Waals surface area contributed by atoms with Crippen LogP contribution < -0.4 is 10.2 Å². The molecule has 2 aromatic carbocycles. The van der Waals surface area contributed by atoms with Gasteiger partial charge in [0.05, 0.1) is 17.8 Å². The molecule has 1 aliphatic rings. The van der Waals surface area contributed by atoms with Crippen LogP contribution in [0.3, 0.4) is 0 Å². The number of nitrogens with zero attached hydrogens (tertiary/aromatic N) is 3. The van der Waals surface area contributed by atoms with Crippen LogP contribution in [-0.4, -0.2) is 14.7 Å². The third-order valence-corrected chi connectivity index (χ3v) is 7.53. The van der Waals surface area contributed by atoms with E-state index in [1.54, 1.807) is 0 Å². The van der Waals surface area contributed by atoms with E-state index >= 15 is 0 Å². The summed E-state index contributed by atoms with van der Waals surface area (Å²) in [5.74, 6) is 0. The van der Waals surface area contributed by atoms with E-state index in [0.29, 0.717) is 0 Å². The van der Waals surface area contributed by atoms with Crippen LogP contribution in [0.4, 0.5) is 5.69 Å². The summed E-state index contributed by atoms with van der Waals surface area (Å²) in [7, 11) is 0. The molecule has 4 aromatic rings. The van der Waals surface area contributed by atoms with Gasteiger partial charge in [0.15, 0.2) is 5.11 Å². The molecule has 5 rings (SSSR count). The van der Waals surface area contributed by atoms with Crippen LogP contribution in [0.1, 0.15) is 45.9 Å². The fourth-order valence-electron chi connectivity index (χ4n) is 4.92. The number of anilines is 1. The lowest BCUT2D eigenvalue weighted by atomic mass is 9.96. The van der Waals surface area contributed by atoms with Gasteiger partial charge in [0.2, 0.25) is 0 Å². The van der Waals surface area contributed by atoms with Crippen molar-refractivity contribution < 1.29 is 0 Å². The van der Waals surface area contributed by atoms with Crippen molar-refractivity contribution in [2.75, 3.05) is 4.90 Å². The van der Waals surface area contributed by atoms with E-state index in [-0.39, 0.29) is 12.1 Å². The summed E-state index contributed by atoms with van der Waals surface area (Å²) in [5.41, 5.74) is 9.34. The Kier molecular flexibility index (Phi) is 6.04. The van der Waals surface area contributed by atoms with Crippen molar-refractivity contribution in [1.82, 2.24) is 14.9 Å². The number of aromatic nitrogens is 2. The lowest BCUT2D eigenvalue weighted by molar-refractivity contribution is 0.565. The van der Waals surface area contributed by atoms with Crippen molar-refractivity contribution in [1.29, 1.82) is 0 Å². The van der Waals surface area contributed by atoms with Crippen LogP contribution in [0.25, 0.3) is 5.69 Å². The summed E-state index contributed by atoms with van der Waals surface area (Å²) >= 11 is 9.55. The van der Waals surface area contributed by atoms with Crippen LogP contribution >= 0.6 is 28.1 Å². The lowest BCUT2D eigenvalue weighted by Gasteiger charge is -2.28. The number of pyridine rings is 1. The lowest BCUT2D eigenvalue weighted by Crippen LogP contribution is -2.29. The van der Waals surface area contributed by atoms with Crippen molar-refractivity contribution in [3.8, 4) is 5.69 Å². The van der Waals surface area contributed by atoms with Gasteiger partial charge in [-0.2, -0.15) is 0 Å². The number of nitrogens with one attached hydrogen (secondary N) is 1. The Bertz CT molecular complexity index is 1380. The van der Waals surface area contributed by atoms with E-state index in [1.807, 2.05) is 18.3 Å². The molecule has 2 atom stereocenters. The monoisotopic (exact) mass is 530 g/mol. The van der Waals surface area contributed by atoms with Gasteiger partial charge < -0.3 is 14.8 Å². The Balaban J connectivity index is 1.69. The third-order valence-electron chi connectivity index (χ3n) is 6.72. The molecular formula is C28H27BrN4S. The highest BCUT2D eigenvalue weighted by molar-refractivity contribution is 9.10. The number of hydrogen-bond donors (Lipinski definition) is 1. The molecule has 0 radical (unpaired) electrons. The Morgan fingerprint density at radius 3 is 2.41 bits per heavy atom. The Labute approximate surface area is 214 Å². The summed E-state index contributed by atoms with van der Waals surface area (Å²) in [6.07, 6.45) is 1.85. The summed E-state index contributed by atoms with van der Waals surface area (Å²) in [6.45, 7) is 8.64. The van der Waals surface area contributed by atoms with Crippen LogP contribution in [0.15, 0.2) is 77.4 Å². The standard InChI is InChI=1S/C28H27BrN4S/c1-17-11-12-23(14-18(17)2)33-27(26(31-28(33)34)25-10-5-6-13-30-25)24-15-19(3)32(20(24)4)22-9-7-8-21(29)16-22/h5-16,26-27H,1-4H3,(H,31,34)/t26-,27-/m1/s1. The van der Waals surface area contributed by atoms with E-state index < -0.39 is 0 Å². The molecule has 0 spiro atoms. The van der Waals surface area contributed by atoms with Gasteiger partial charge in [-0.15, -0.1) is 0 Å². The van der Waals surface area contributed by atoms with Crippen molar-refractivity contribution >= 4 is 38.9 Å². The van der Waals surface area contributed by atoms with E-state index in [0.717, 1.165) is 26.7 Å². The van der Waals surface area contributed by atoms with Crippen molar-refractivity contribution in [3.63, 3.8) is 0 Å². The van der Waals surface area contributed by atoms with Gasteiger partial charge in [-0.05, 0) is 105 Å². The molecule has 3 heterocycles. The van der Waals surface area contributed by atoms with E-state index in [4.69, 9.17) is 17.2 Å². The average Bonchev–Trinajstić information content (AvgIpc) is 3.31. The predicted octanol–water partition coefficient (Wildman–Crippen LogP) is 7.05. The molecule has 34 heavy (non-hydrogen) atoms. The Morgan fingerprint density at radius 1 is 0.882 bits per heavy atom. The molecule has 0 bridgehead atoms. The molecule has 1 saturated heterocycles. The summed E-state index contributed by atoms with van der Waals surface area (Å²) in [5, 5.41) is 4.30. The van der Waals surface area contributed by atoms with Crippen LogP contribution in [0.5, 0.6) is 0 Å². The van der Waals surface area contributed by atoms with E-state index in [1.165, 1.54) is 28.1 Å². The van der Waals surface area contributed by atoms with Crippen LogP contribution in [0, 0.1) is 27.7 Å². The predicted molar refractivity (Wildman–Crippen MR) is 147 cm³/mol. The maximum absolute atomic E-state index is 5.92.